The normalized spacial score (nSPS) is 13.6. The van der Waals surface area contributed by atoms with Crippen molar-refractivity contribution in [2.45, 2.75) is 32.4 Å². The molecule has 0 radical (unpaired) electrons. The molecule has 0 fully saturated rings. The van der Waals surface area contributed by atoms with E-state index in [0.717, 1.165) is 27.8 Å². The fourth-order valence-corrected chi connectivity index (χ4v) is 3.06. The number of aromatic nitrogens is 1. The number of hydrogen-bond donors (Lipinski definition) is 2. The SMILES string of the molecule is CC(C)(CCO)NCc1csc(-c2ccc3c(c2)OCO3)n1. The number of benzene rings is 1. The van der Waals surface area contributed by atoms with Crippen molar-refractivity contribution >= 4 is 11.3 Å². The first-order chi connectivity index (χ1) is 10.6. The average molecular weight is 320 g/mol. The number of nitrogens with zero attached hydrogens (tertiary/aromatic N) is 1. The molecule has 6 heteroatoms. The van der Waals surface area contributed by atoms with E-state index < -0.39 is 0 Å². The molecule has 0 saturated heterocycles. The highest BCUT2D eigenvalue weighted by Gasteiger charge is 2.18. The van der Waals surface area contributed by atoms with E-state index in [9.17, 15) is 0 Å². The van der Waals surface area contributed by atoms with Gasteiger partial charge >= 0.3 is 0 Å². The summed E-state index contributed by atoms with van der Waals surface area (Å²) in [5.41, 5.74) is 1.94. The molecule has 1 aromatic heterocycles. The van der Waals surface area contributed by atoms with Crippen LogP contribution in [0.2, 0.25) is 0 Å². The van der Waals surface area contributed by atoms with Gasteiger partial charge in [0, 0.05) is 29.6 Å². The fourth-order valence-electron chi connectivity index (χ4n) is 2.25. The zero-order valence-electron chi connectivity index (χ0n) is 12.8. The Morgan fingerprint density at radius 1 is 1.32 bits per heavy atom. The van der Waals surface area contributed by atoms with Crippen molar-refractivity contribution in [3.05, 3.63) is 29.3 Å². The molecule has 3 rings (SSSR count). The molecule has 5 nitrogen and oxygen atoms in total. The van der Waals surface area contributed by atoms with Gasteiger partial charge in [-0.2, -0.15) is 0 Å². The molecular formula is C16H20N2O3S. The fraction of sp³-hybridized carbons (Fsp3) is 0.438. The van der Waals surface area contributed by atoms with Crippen LogP contribution < -0.4 is 14.8 Å². The summed E-state index contributed by atoms with van der Waals surface area (Å²) < 4.78 is 10.7. The summed E-state index contributed by atoms with van der Waals surface area (Å²) in [6.07, 6.45) is 0.714. The van der Waals surface area contributed by atoms with Gasteiger partial charge in [0.25, 0.3) is 0 Å². The first-order valence-corrected chi connectivity index (χ1v) is 8.16. The summed E-state index contributed by atoms with van der Waals surface area (Å²) in [5.74, 6) is 1.56. The Hall–Kier alpha value is -1.63. The zero-order chi connectivity index (χ0) is 15.6. The van der Waals surface area contributed by atoms with Crippen LogP contribution in [0.3, 0.4) is 0 Å². The first-order valence-electron chi connectivity index (χ1n) is 7.28. The number of hydrogen-bond acceptors (Lipinski definition) is 6. The summed E-state index contributed by atoms with van der Waals surface area (Å²) >= 11 is 1.62. The van der Waals surface area contributed by atoms with Crippen LogP contribution in [0.4, 0.5) is 0 Å². The molecule has 0 unspecified atom stereocenters. The van der Waals surface area contributed by atoms with E-state index in [4.69, 9.17) is 14.6 Å². The van der Waals surface area contributed by atoms with Crippen LogP contribution in [0.15, 0.2) is 23.6 Å². The predicted molar refractivity (Wildman–Crippen MR) is 86.3 cm³/mol. The predicted octanol–water partition coefficient (Wildman–Crippen LogP) is 2.79. The van der Waals surface area contributed by atoms with E-state index in [1.165, 1.54) is 0 Å². The minimum absolute atomic E-state index is 0.0999. The monoisotopic (exact) mass is 320 g/mol. The van der Waals surface area contributed by atoms with Gasteiger partial charge in [-0.3, -0.25) is 0 Å². The molecule has 0 saturated carbocycles. The Kier molecular flexibility index (Phi) is 4.33. The highest BCUT2D eigenvalue weighted by Crippen LogP contribution is 2.36. The number of aliphatic hydroxyl groups is 1. The van der Waals surface area contributed by atoms with Crippen LogP contribution in [0.5, 0.6) is 11.5 Å². The third-order valence-corrected chi connectivity index (χ3v) is 4.60. The lowest BCUT2D eigenvalue weighted by molar-refractivity contribution is 0.174. The van der Waals surface area contributed by atoms with Gasteiger partial charge in [-0.05, 0) is 38.5 Å². The molecule has 1 aliphatic rings. The number of thiazole rings is 1. The van der Waals surface area contributed by atoms with E-state index in [-0.39, 0.29) is 18.9 Å². The van der Waals surface area contributed by atoms with Gasteiger partial charge in [0.2, 0.25) is 6.79 Å². The Bertz CT molecular complexity index is 655. The quantitative estimate of drug-likeness (QED) is 0.857. The molecule has 0 amide bonds. The van der Waals surface area contributed by atoms with Crippen LogP contribution >= 0.6 is 11.3 Å². The number of ether oxygens (including phenoxy) is 2. The largest absolute Gasteiger partial charge is 0.454 e. The highest BCUT2D eigenvalue weighted by molar-refractivity contribution is 7.13. The standard InChI is InChI=1S/C16H20N2O3S/c1-16(2,5-6-19)17-8-12-9-22-15(18-12)11-3-4-13-14(7-11)21-10-20-13/h3-4,7,9,17,19H,5-6,8,10H2,1-2H3. The van der Waals surface area contributed by atoms with Gasteiger partial charge in [0.1, 0.15) is 5.01 Å². The van der Waals surface area contributed by atoms with Gasteiger partial charge in [0.15, 0.2) is 11.5 Å². The van der Waals surface area contributed by atoms with Gasteiger partial charge in [-0.25, -0.2) is 4.98 Å². The topological polar surface area (TPSA) is 63.6 Å². The lowest BCUT2D eigenvalue weighted by atomic mass is 10.0. The second kappa shape index (κ2) is 6.24. The summed E-state index contributed by atoms with van der Waals surface area (Å²) in [7, 11) is 0. The average Bonchev–Trinajstić information content (AvgIpc) is 3.13. The Balaban J connectivity index is 1.69. The van der Waals surface area contributed by atoms with Crippen molar-refractivity contribution < 1.29 is 14.6 Å². The molecule has 2 N–H and O–H groups in total. The molecular weight excluding hydrogens is 300 g/mol. The molecule has 0 atom stereocenters. The third-order valence-electron chi connectivity index (χ3n) is 3.66. The van der Waals surface area contributed by atoms with Crippen LogP contribution in [0.25, 0.3) is 10.6 Å². The second-order valence-corrected chi connectivity index (χ2v) is 6.78. The Morgan fingerprint density at radius 2 is 2.14 bits per heavy atom. The zero-order valence-corrected chi connectivity index (χ0v) is 13.6. The van der Waals surface area contributed by atoms with Crippen molar-refractivity contribution in [2.24, 2.45) is 0 Å². The molecule has 0 spiro atoms. The maximum absolute atomic E-state index is 9.05. The first kappa shape index (κ1) is 15.3. The van der Waals surface area contributed by atoms with Crippen molar-refractivity contribution in [1.29, 1.82) is 0 Å². The lowest BCUT2D eigenvalue weighted by Crippen LogP contribution is -2.39. The minimum atomic E-state index is -0.0999. The Morgan fingerprint density at radius 3 is 2.95 bits per heavy atom. The van der Waals surface area contributed by atoms with E-state index in [0.29, 0.717) is 13.0 Å². The van der Waals surface area contributed by atoms with Gasteiger partial charge in [0.05, 0.1) is 5.69 Å². The molecule has 2 heterocycles. The van der Waals surface area contributed by atoms with Crippen molar-refractivity contribution in [3.8, 4) is 22.1 Å². The minimum Gasteiger partial charge on any atom is -0.454 e. The summed E-state index contributed by atoms with van der Waals surface area (Å²) in [5, 5.41) is 15.5. The molecule has 0 bridgehead atoms. The van der Waals surface area contributed by atoms with Crippen molar-refractivity contribution in [3.63, 3.8) is 0 Å². The molecule has 1 aliphatic heterocycles. The van der Waals surface area contributed by atoms with E-state index in [1.54, 1.807) is 11.3 Å². The van der Waals surface area contributed by atoms with Crippen LogP contribution in [-0.2, 0) is 6.54 Å². The molecule has 118 valence electrons. The molecule has 22 heavy (non-hydrogen) atoms. The smallest absolute Gasteiger partial charge is 0.231 e. The lowest BCUT2D eigenvalue weighted by Gasteiger charge is -2.24. The summed E-state index contributed by atoms with van der Waals surface area (Å²) in [6.45, 7) is 5.31. The highest BCUT2D eigenvalue weighted by atomic mass is 32.1. The van der Waals surface area contributed by atoms with Gasteiger partial charge < -0.3 is 19.9 Å². The van der Waals surface area contributed by atoms with E-state index in [2.05, 4.69) is 29.5 Å². The number of nitrogens with one attached hydrogen (secondary N) is 1. The van der Waals surface area contributed by atoms with Gasteiger partial charge in [-0.1, -0.05) is 0 Å². The molecule has 1 aromatic carbocycles. The number of aliphatic hydroxyl groups excluding tert-OH is 1. The molecule has 2 aromatic rings. The maximum atomic E-state index is 9.05. The van der Waals surface area contributed by atoms with Crippen LogP contribution in [0.1, 0.15) is 26.0 Å². The van der Waals surface area contributed by atoms with E-state index >= 15 is 0 Å². The van der Waals surface area contributed by atoms with Crippen LogP contribution in [0, 0.1) is 0 Å². The third kappa shape index (κ3) is 3.40. The summed E-state index contributed by atoms with van der Waals surface area (Å²) in [4.78, 5) is 4.67. The second-order valence-electron chi connectivity index (χ2n) is 5.92. The Labute approximate surface area is 133 Å². The van der Waals surface area contributed by atoms with Crippen molar-refractivity contribution in [2.75, 3.05) is 13.4 Å². The van der Waals surface area contributed by atoms with E-state index in [1.807, 2.05) is 18.2 Å². The van der Waals surface area contributed by atoms with Crippen LogP contribution in [-0.4, -0.2) is 29.0 Å². The number of fused-ring (bicyclic) bond motifs is 1. The summed E-state index contributed by atoms with van der Waals surface area (Å²) in [6, 6.07) is 5.88. The van der Waals surface area contributed by atoms with Crippen molar-refractivity contribution in [1.82, 2.24) is 10.3 Å². The molecule has 0 aliphatic carbocycles. The van der Waals surface area contributed by atoms with Gasteiger partial charge in [-0.15, -0.1) is 11.3 Å². The maximum Gasteiger partial charge on any atom is 0.231 e. The number of rotatable bonds is 6.